The quantitative estimate of drug-likeness (QED) is 0.650. The van der Waals surface area contributed by atoms with Crippen molar-refractivity contribution in [3.63, 3.8) is 0 Å². The fourth-order valence-corrected chi connectivity index (χ4v) is 7.03. The number of amides is 1. The lowest BCUT2D eigenvalue weighted by molar-refractivity contribution is -0.120. The SMILES string of the molecule is Cc1cc(C)c(S(=O)(=O)N2CCC[C@@H](C(=O)Nc3c(C)cc(Br)cc3C)C2)c(C)c1. The maximum Gasteiger partial charge on any atom is 0.243 e. The fourth-order valence-electron chi connectivity index (χ4n) is 4.41. The van der Waals surface area contributed by atoms with Crippen LogP contribution in [0.3, 0.4) is 0 Å². The van der Waals surface area contributed by atoms with Gasteiger partial charge >= 0.3 is 0 Å². The smallest absolute Gasteiger partial charge is 0.243 e. The van der Waals surface area contributed by atoms with Crippen molar-refractivity contribution < 1.29 is 13.2 Å². The van der Waals surface area contributed by atoms with Crippen LogP contribution in [0.4, 0.5) is 5.69 Å². The van der Waals surface area contributed by atoms with Crippen molar-refractivity contribution in [1.82, 2.24) is 4.31 Å². The lowest BCUT2D eigenvalue weighted by Gasteiger charge is -2.32. The van der Waals surface area contributed by atoms with Crippen molar-refractivity contribution in [2.24, 2.45) is 5.92 Å². The Bertz CT molecular complexity index is 1050. The molecule has 2 aromatic carbocycles. The van der Waals surface area contributed by atoms with Crippen LogP contribution in [0.2, 0.25) is 0 Å². The summed E-state index contributed by atoms with van der Waals surface area (Å²) in [5.74, 6) is -0.497. The van der Waals surface area contributed by atoms with Crippen LogP contribution >= 0.6 is 15.9 Å². The van der Waals surface area contributed by atoms with Gasteiger partial charge in [0.15, 0.2) is 0 Å². The molecule has 1 saturated heterocycles. The van der Waals surface area contributed by atoms with Gasteiger partial charge in [0.2, 0.25) is 15.9 Å². The van der Waals surface area contributed by atoms with E-state index in [4.69, 9.17) is 0 Å². The Labute approximate surface area is 188 Å². The minimum Gasteiger partial charge on any atom is -0.325 e. The lowest BCUT2D eigenvalue weighted by atomic mass is 9.98. The third kappa shape index (κ3) is 4.63. The van der Waals surface area contributed by atoms with Gasteiger partial charge in [-0.2, -0.15) is 4.31 Å². The molecule has 0 aliphatic carbocycles. The molecule has 3 rings (SSSR count). The van der Waals surface area contributed by atoms with Gasteiger partial charge < -0.3 is 5.32 Å². The lowest BCUT2D eigenvalue weighted by Crippen LogP contribution is -2.44. The summed E-state index contributed by atoms with van der Waals surface area (Å²) in [4.78, 5) is 13.4. The zero-order chi connectivity index (χ0) is 22.2. The number of carbonyl (C=O) groups is 1. The van der Waals surface area contributed by atoms with E-state index in [1.54, 1.807) is 0 Å². The molecule has 1 aliphatic heterocycles. The number of carbonyl (C=O) groups excluding carboxylic acids is 1. The van der Waals surface area contributed by atoms with Gasteiger partial charge in [-0.25, -0.2) is 8.42 Å². The molecule has 0 unspecified atom stereocenters. The number of piperidine rings is 1. The van der Waals surface area contributed by atoms with Crippen LogP contribution in [0, 0.1) is 40.5 Å². The molecular formula is C23H29BrN2O3S. The summed E-state index contributed by atoms with van der Waals surface area (Å²) in [6.45, 7) is 10.2. The number of hydrogen-bond donors (Lipinski definition) is 1. The number of aryl methyl sites for hydroxylation is 5. The molecule has 0 spiro atoms. The minimum absolute atomic E-state index is 0.124. The average molecular weight is 493 g/mol. The summed E-state index contributed by atoms with van der Waals surface area (Å²) in [5, 5.41) is 3.04. The van der Waals surface area contributed by atoms with E-state index in [1.165, 1.54) is 4.31 Å². The highest BCUT2D eigenvalue weighted by molar-refractivity contribution is 9.10. The van der Waals surface area contributed by atoms with Gasteiger partial charge in [-0.1, -0.05) is 33.6 Å². The second kappa shape index (κ2) is 8.81. The van der Waals surface area contributed by atoms with Crippen molar-refractivity contribution in [3.8, 4) is 0 Å². The highest BCUT2D eigenvalue weighted by Gasteiger charge is 2.35. The topological polar surface area (TPSA) is 66.5 Å². The first kappa shape index (κ1) is 23.0. The molecule has 1 N–H and O–H groups in total. The molecule has 1 atom stereocenters. The predicted molar refractivity (Wildman–Crippen MR) is 124 cm³/mol. The number of benzene rings is 2. The van der Waals surface area contributed by atoms with E-state index < -0.39 is 10.0 Å². The second-order valence-corrected chi connectivity index (χ2v) is 11.1. The maximum atomic E-state index is 13.4. The minimum atomic E-state index is -3.65. The monoisotopic (exact) mass is 492 g/mol. The summed E-state index contributed by atoms with van der Waals surface area (Å²) < 4.78 is 29.2. The Kier molecular flexibility index (Phi) is 6.75. The number of hydrogen-bond acceptors (Lipinski definition) is 3. The highest BCUT2D eigenvalue weighted by atomic mass is 79.9. The van der Waals surface area contributed by atoms with Gasteiger partial charge in [-0.3, -0.25) is 4.79 Å². The van der Waals surface area contributed by atoms with Crippen molar-refractivity contribution in [2.75, 3.05) is 18.4 Å². The first-order valence-electron chi connectivity index (χ1n) is 10.2. The Morgan fingerprint density at radius 1 is 1.00 bits per heavy atom. The van der Waals surface area contributed by atoms with Crippen molar-refractivity contribution in [3.05, 3.63) is 56.6 Å². The summed E-state index contributed by atoms with van der Waals surface area (Å²) >= 11 is 3.47. The number of nitrogens with zero attached hydrogens (tertiary/aromatic N) is 1. The highest BCUT2D eigenvalue weighted by Crippen LogP contribution is 2.30. The molecule has 1 heterocycles. The van der Waals surface area contributed by atoms with Crippen molar-refractivity contribution in [2.45, 2.75) is 52.4 Å². The molecule has 162 valence electrons. The molecule has 0 saturated carbocycles. The number of halogens is 1. The number of nitrogens with one attached hydrogen (secondary N) is 1. The van der Waals surface area contributed by atoms with Crippen LogP contribution in [0.25, 0.3) is 0 Å². The Balaban J connectivity index is 1.83. The van der Waals surface area contributed by atoms with E-state index in [-0.39, 0.29) is 18.4 Å². The van der Waals surface area contributed by atoms with E-state index in [1.807, 2.05) is 58.9 Å². The molecule has 30 heavy (non-hydrogen) atoms. The predicted octanol–water partition coefficient (Wildman–Crippen LogP) is 5.03. The molecule has 0 bridgehead atoms. The molecule has 0 aromatic heterocycles. The Morgan fingerprint density at radius 3 is 2.13 bits per heavy atom. The first-order valence-corrected chi connectivity index (χ1v) is 12.4. The van der Waals surface area contributed by atoms with Crippen molar-refractivity contribution in [1.29, 1.82) is 0 Å². The average Bonchev–Trinajstić information content (AvgIpc) is 2.63. The second-order valence-electron chi connectivity index (χ2n) is 8.33. The van der Waals surface area contributed by atoms with Crippen LogP contribution in [-0.2, 0) is 14.8 Å². The normalized spacial score (nSPS) is 17.7. The summed E-state index contributed by atoms with van der Waals surface area (Å²) in [6, 6.07) is 7.71. The summed E-state index contributed by atoms with van der Waals surface area (Å²) in [5.41, 5.74) is 5.29. The number of rotatable bonds is 4. The standard InChI is InChI=1S/C23H29BrN2O3S/c1-14-9-17(4)22(18(5)10-14)30(28,29)26-8-6-7-19(13-26)23(27)25-21-15(2)11-20(24)12-16(21)3/h9-12,19H,6-8,13H2,1-5H3,(H,25,27)/t19-/m1/s1. The van der Waals surface area contributed by atoms with E-state index in [9.17, 15) is 13.2 Å². The summed E-state index contributed by atoms with van der Waals surface area (Å²) in [6.07, 6.45) is 1.35. The largest absolute Gasteiger partial charge is 0.325 e. The van der Waals surface area contributed by atoms with Gasteiger partial charge in [0.25, 0.3) is 0 Å². The zero-order valence-corrected chi connectivity index (χ0v) is 20.6. The molecule has 7 heteroatoms. The van der Waals surface area contributed by atoms with Crippen LogP contribution in [0.1, 0.15) is 40.7 Å². The van der Waals surface area contributed by atoms with Crippen molar-refractivity contribution >= 4 is 37.5 Å². The molecular weight excluding hydrogens is 464 g/mol. The number of sulfonamides is 1. The molecule has 5 nitrogen and oxygen atoms in total. The van der Waals surface area contributed by atoms with Gasteiger partial charge in [0.05, 0.1) is 10.8 Å². The van der Waals surface area contributed by atoms with E-state index in [0.717, 1.165) is 38.0 Å². The molecule has 0 radical (unpaired) electrons. The molecule has 1 fully saturated rings. The summed E-state index contributed by atoms with van der Waals surface area (Å²) in [7, 11) is -3.65. The Morgan fingerprint density at radius 2 is 1.57 bits per heavy atom. The van der Waals surface area contributed by atoms with Gasteiger partial charge in [-0.05, 0) is 81.8 Å². The first-order chi connectivity index (χ1) is 14.0. The molecule has 1 aliphatic rings. The third-order valence-electron chi connectivity index (χ3n) is 5.70. The van der Waals surface area contributed by atoms with Crippen LogP contribution in [-0.4, -0.2) is 31.7 Å². The van der Waals surface area contributed by atoms with Gasteiger partial charge in [0.1, 0.15) is 0 Å². The van der Waals surface area contributed by atoms with Gasteiger partial charge in [0, 0.05) is 23.2 Å². The fraction of sp³-hybridized carbons (Fsp3) is 0.435. The van der Waals surface area contributed by atoms with Gasteiger partial charge in [-0.15, -0.1) is 0 Å². The zero-order valence-electron chi connectivity index (χ0n) is 18.2. The van der Waals surface area contributed by atoms with Crippen LogP contribution in [0.15, 0.2) is 33.6 Å². The molecule has 1 amide bonds. The van der Waals surface area contributed by atoms with E-state index >= 15 is 0 Å². The van der Waals surface area contributed by atoms with E-state index in [2.05, 4.69) is 21.2 Å². The third-order valence-corrected chi connectivity index (χ3v) is 8.33. The van der Waals surface area contributed by atoms with Crippen LogP contribution < -0.4 is 5.32 Å². The molecule has 2 aromatic rings. The van der Waals surface area contributed by atoms with E-state index in [0.29, 0.717) is 24.3 Å². The van der Waals surface area contributed by atoms with Crippen LogP contribution in [0.5, 0.6) is 0 Å². The Hall–Kier alpha value is -1.70. The maximum absolute atomic E-state index is 13.4. The number of anilines is 1.